The molecule has 1 aromatic carbocycles. The first-order valence-corrected chi connectivity index (χ1v) is 6.01. The second kappa shape index (κ2) is 4.75. The standard InChI is InChI=1S/C13H13BrN2O/c1-8-5-11(6-9(2)13(8)14)17-12-7-10(15)3-4-16-12/h3-7H,1-2H3,(H2,15,16). The van der Waals surface area contributed by atoms with Gasteiger partial charge in [-0.1, -0.05) is 15.9 Å². The maximum Gasteiger partial charge on any atom is 0.221 e. The Morgan fingerprint density at radius 3 is 2.41 bits per heavy atom. The maximum atomic E-state index is 5.67. The number of pyridine rings is 1. The number of halogens is 1. The normalized spacial score (nSPS) is 10.3. The third-order valence-electron chi connectivity index (χ3n) is 2.39. The number of benzene rings is 1. The van der Waals surface area contributed by atoms with Gasteiger partial charge in [0, 0.05) is 22.4 Å². The summed E-state index contributed by atoms with van der Waals surface area (Å²) in [6.07, 6.45) is 1.63. The summed E-state index contributed by atoms with van der Waals surface area (Å²) in [5.41, 5.74) is 8.57. The molecule has 1 aromatic heterocycles. The first kappa shape index (κ1) is 11.9. The minimum atomic E-state index is 0.506. The van der Waals surface area contributed by atoms with Crippen molar-refractivity contribution in [3.63, 3.8) is 0 Å². The van der Waals surface area contributed by atoms with Crippen molar-refractivity contribution in [3.05, 3.63) is 46.1 Å². The van der Waals surface area contributed by atoms with Crippen LogP contribution in [0.15, 0.2) is 34.9 Å². The van der Waals surface area contributed by atoms with Crippen molar-refractivity contribution < 1.29 is 4.74 Å². The summed E-state index contributed by atoms with van der Waals surface area (Å²) in [5, 5.41) is 0. The molecule has 0 saturated heterocycles. The topological polar surface area (TPSA) is 48.1 Å². The van der Waals surface area contributed by atoms with Crippen LogP contribution in [0, 0.1) is 13.8 Å². The number of aromatic nitrogens is 1. The summed E-state index contributed by atoms with van der Waals surface area (Å²) >= 11 is 3.52. The van der Waals surface area contributed by atoms with E-state index >= 15 is 0 Å². The molecule has 0 fully saturated rings. The third kappa shape index (κ3) is 2.77. The molecule has 0 bridgehead atoms. The number of nitrogens with two attached hydrogens (primary N) is 1. The lowest BCUT2D eigenvalue weighted by Crippen LogP contribution is -1.92. The summed E-state index contributed by atoms with van der Waals surface area (Å²) in [4.78, 5) is 4.10. The van der Waals surface area contributed by atoms with Gasteiger partial charge in [-0.05, 0) is 43.2 Å². The van der Waals surface area contributed by atoms with Crippen LogP contribution in [0.5, 0.6) is 11.6 Å². The molecule has 0 aliphatic rings. The summed E-state index contributed by atoms with van der Waals surface area (Å²) in [6, 6.07) is 7.35. The minimum Gasteiger partial charge on any atom is -0.439 e. The largest absolute Gasteiger partial charge is 0.439 e. The molecule has 0 aliphatic carbocycles. The second-order valence-electron chi connectivity index (χ2n) is 3.90. The molecule has 4 heteroatoms. The Bertz CT molecular complexity index is 532. The van der Waals surface area contributed by atoms with E-state index in [0.717, 1.165) is 21.3 Å². The molecule has 2 aromatic rings. The average Bonchev–Trinajstić information content (AvgIpc) is 2.26. The Morgan fingerprint density at radius 2 is 1.82 bits per heavy atom. The Kier molecular flexibility index (Phi) is 3.33. The van der Waals surface area contributed by atoms with Crippen LogP contribution in [0.2, 0.25) is 0 Å². The number of nitrogens with zero attached hydrogens (tertiary/aromatic N) is 1. The highest BCUT2D eigenvalue weighted by Crippen LogP contribution is 2.29. The number of ether oxygens (including phenoxy) is 1. The Labute approximate surface area is 109 Å². The van der Waals surface area contributed by atoms with E-state index in [-0.39, 0.29) is 0 Å². The third-order valence-corrected chi connectivity index (χ3v) is 3.64. The monoisotopic (exact) mass is 292 g/mol. The first-order valence-electron chi connectivity index (χ1n) is 5.22. The van der Waals surface area contributed by atoms with E-state index in [2.05, 4.69) is 20.9 Å². The summed E-state index contributed by atoms with van der Waals surface area (Å²) < 4.78 is 6.77. The SMILES string of the molecule is Cc1cc(Oc2cc(N)ccn2)cc(C)c1Br. The zero-order chi connectivity index (χ0) is 12.4. The van der Waals surface area contributed by atoms with E-state index in [1.807, 2.05) is 26.0 Å². The van der Waals surface area contributed by atoms with Crippen LogP contribution >= 0.6 is 15.9 Å². The Balaban J connectivity index is 2.31. The fraction of sp³-hybridized carbons (Fsp3) is 0.154. The predicted molar refractivity (Wildman–Crippen MR) is 72.3 cm³/mol. The van der Waals surface area contributed by atoms with E-state index in [1.54, 1.807) is 18.3 Å². The quantitative estimate of drug-likeness (QED) is 0.915. The maximum absolute atomic E-state index is 5.67. The fourth-order valence-corrected chi connectivity index (χ4v) is 1.80. The van der Waals surface area contributed by atoms with E-state index in [0.29, 0.717) is 11.6 Å². The zero-order valence-corrected chi connectivity index (χ0v) is 11.3. The average molecular weight is 293 g/mol. The molecule has 0 unspecified atom stereocenters. The minimum absolute atomic E-state index is 0.506. The molecular formula is C13H13BrN2O. The van der Waals surface area contributed by atoms with Crippen LogP contribution in [0.1, 0.15) is 11.1 Å². The van der Waals surface area contributed by atoms with Gasteiger partial charge in [0.15, 0.2) is 0 Å². The number of nitrogen functional groups attached to an aromatic ring is 1. The zero-order valence-electron chi connectivity index (χ0n) is 9.70. The molecule has 0 atom stereocenters. The lowest BCUT2D eigenvalue weighted by atomic mass is 10.1. The summed E-state index contributed by atoms with van der Waals surface area (Å²) in [6.45, 7) is 4.05. The molecule has 3 nitrogen and oxygen atoms in total. The van der Waals surface area contributed by atoms with Crippen molar-refractivity contribution in [2.75, 3.05) is 5.73 Å². The van der Waals surface area contributed by atoms with Crippen LogP contribution in [0.4, 0.5) is 5.69 Å². The molecule has 0 spiro atoms. The van der Waals surface area contributed by atoms with Gasteiger partial charge in [-0.25, -0.2) is 4.98 Å². The number of hydrogen-bond acceptors (Lipinski definition) is 3. The molecule has 88 valence electrons. The van der Waals surface area contributed by atoms with Gasteiger partial charge in [0.05, 0.1) is 0 Å². The van der Waals surface area contributed by atoms with Gasteiger partial charge in [-0.15, -0.1) is 0 Å². The number of rotatable bonds is 2. The van der Waals surface area contributed by atoms with Crippen LogP contribution in [-0.2, 0) is 0 Å². The molecule has 0 saturated carbocycles. The van der Waals surface area contributed by atoms with Crippen molar-refractivity contribution in [2.45, 2.75) is 13.8 Å². The van der Waals surface area contributed by atoms with Gasteiger partial charge >= 0.3 is 0 Å². The molecule has 0 amide bonds. The second-order valence-corrected chi connectivity index (χ2v) is 4.69. The highest BCUT2D eigenvalue weighted by atomic mass is 79.9. The number of hydrogen-bond donors (Lipinski definition) is 1. The van der Waals surface area contributed by atoms with E-state index in [1.165, 1.54) is 0 Å². The first-order chi connectivity index (χ1) is 8.06. The van der Waals surface area contributed by atoms with Crippen LogP contribution in [0.3, 0.4) is 0 Å². The van der Waals surface area contributed by atoms with Crippen LogP contribution in [-0.4, -0.2) is 4.98 Å². The predicted octanol–water partition coefficient (Wildman–Crippen LogP) is 3.84. The molecule has 0 aliphatic heterocycles. The van der Waals surface area contributed by atoms with Crippen molar-refractivity contribution in [3.8, 4) is 11.6 Å². The summed E-state index contributed by atoms with van der Waals surface area (Å²) in [7, 11) is 0. The van der Waals surface area contributed by atoms with Gasteiger partial charge in [-0.3, -0.25) is 0 Å². The Morgan fingerprint density at radius 1 is 1.18 bits per heavy atom. The molecule has 2 rings (SSSR count). The molecule has 17 heavy (non-hydrogen) atoms. The van der Waals surface area contributed by atoms with Crippen molar-refractivity contribution >= 4 is 21.6 Å². The van der Waals surface area contributed by atoms with Crippen LogP contribution < -0.4 is 10.5 Å². The fourth-order valence-electron chi connectivity index (χ4n) is 1.57. The number of aryl methyl sites for hydroxylation is 2. The van der Waals surface area contributed by atoms with E-state index in [9.17, 15) is 0 Å². The van der Waals surface area contributed by atoms with Crippen molar-refractivity contribution in [1.29, 1.82) is 0 Å². The highest BCUT2D eigenvalue weighted by molar-refractivity contribution is 9.10. The molecular weight excluding hydrogens is 280 g/mol. The Hall–Kier alpha value is -1.55. The van der Waals surface area contributed by atoms with Gasteiger partial charge in [0.1, 0.15) is 5.75 Å². The van der Waals surface area contributed by atoms with Crippen LogP contribution in [0.25, 0.3) is 0 Å². The smallest absolute Gasteiger partial charge is 0.221 e. The highest BCUT2D eigenvalue weighted by Gasteiger charge is 2.05. The van der Waals surface area contributed by atoms with E-state index in [4.69, 9.17) is 10.5 Å². The molecule has 2 N–H and O–H groups in total. The molecule has 1 heterocycles. The van der Waals surface area contributed by atoms with Gasteiger partial charge < -0.3 is 10.5 Å². The van der Waals surface area contributed by atoms with Crippen molar-refractivity contribution in [1.82, 2.24) is 4.98 Å². The number of anilines is 1. The molecule has 0 radical (unpaired) electrons. The lowest BCUT2D eigenvalue weighted by Gasteiger charge is -2.09. The van der Waals surface area contributed by atoms with Gasteiger partial charge in [0.25, 0.3) is 0 Å². The van der Waals surface area contributed by atoms with Crippen molar-refractivity contribution in [2.24, 2.45) is 0 Å². The van der Waals surface area contributed by atoms with E-state index < -0.39 is 0 Å². The van der Waals surface area contributed by atoms with Gasteiger partial charge in [0.2, 0.25) is 5.88 Å². The van der Waals surface area contributed by atoms with Gasteiger partial charge in [-0.2, -0.15) is 0 Å². The lowest BCUT2D eigenvalue weighted by molar-refractivity contribution is 0.462. The summed E-state index contributed by atoms with van der Waals surface area (Å²) in [5.74, 6) is 1.27.